The van der Waals surface area contributed by atoms with Gasteiger partial charge in [0.2, 0.25) is 0 Å². The van der Waals surface area contributed by atoms with Gasteiger partial charge in [-0.25, -0.2) is 4.98 Å². The number of aromatic nitrogens is 2. The molecule has 0 unspecified atom stereocenters. The predicted molar refractivity (Wildman–Crippen MR) is 209 cm³/mol. The fraction of sp³-hybridized carbons (Fsp3) is 0.128. The van der Waals surface area contributed by atoms with Crippen molar-refractivity contribution in [3.8, 4) is 39.3 Å². The van der Waals surface area contributed by atoms with Crippen LogP contribution < -0.4 is 4.57 Å². The summed E-state index contributed by atoms with van der Waals surface area (Å²) in [6.07, 6.45) is 0. The first-order valence-electron chi connectivity index (χ1n) is 19.7. The van der Waals surface area contributed by atoms with Gasteiger partial charge in [0, 0.05) is 21.9 Å². The molecule has 0 fully saturated rings. The van der Waals surface area contributed by atoms with Crippen molar-refractivity contribution >= 4 is 43.7 Å². The number of benzene rings is 7. The number of hydrogen-bond donors (Lipinski definition) is 1. The Balaban J connectivity index is 1.28. The maximum atomic E-state index is 8.54. The minimum Gasteiger partial charge on any atom is -0.455 e. The summed E-state index contributed by atoms with van der Waals surface area (Å²) in [7, 11) is 0. The Morgan fingerprint density at radius 2 is 1.34 bits per heavy atom. The molecule has 0 aliphatic rings. The minimum absolute atomic E-state index is 0.182. The van der Waals surface area contributed by atoms with Gasteiger partial charge >= 0.3 is 0 Å². The summed E-state index contributed by atoms with van der Waals surface area (Å²) in [6.45, 7) is 9.06. The number of furan rings is 1. The molecule has 0 atom stereocenters. The molecule has 2 aromatic heterocycles. The van der Waals surface area contributed by atoms with Gasteiger partial charge in [-0.1, -0.05) is 125 Å². The number of aromatic amines is 1. The van der Waals surface area contributed by atoms with Crippen molar-refractivity contribution in [2.45, 2.75) is 39.5 Å². The third-order valence-corrected chi connectivity index (χ3v) is 9.86. The van der Waals surface area contributed by atoms with Gasteiger partial charge < -0.3 is 4.42 Å². The topological polar surface area (TPSA) is 32.8 Å². The van der Waals surface area contributed by atoms with Crippen LogP contribution in [-0.4, -0.2) is 4.98 Å². The van der Waals surface area contributed by atoms with Gasteiger partial charge in [-0.3, -0.25) is 0 Å². The standard InChI is InChI=1S/C47H38N2O/c1-29(2)39-26-36(32-16-9-6-10-17-32)27-40(30(3)4)45(39)49-43-21-12-11-20-42(43)48-47(49)38-19-13-18-37-41-25-34-23-22-33(31-14-7-5-8-15-31)24-35(34)28-44(41)50-46(37)38/h5-30H,1-4H3/p+1/i5D,7D,8D,14D,15D. The van der Waals surface area contributed by atoms with E-state index in [0.29, 0.717) is 11.1 Å². The SMILES string of the molecule is [2H]c1c([2H])c([2H])c(-c2ccc3cc4c(cc3c2)oc2c(-c3[nH]c5ccccc5[n+]3-c3c(C(C)C)cc(-c5ccccc5)cc3C(C)C)cccc24)c([2H])c1[2H]. The molecule has 0 radical (unpaired) electrons. The van der Waals surface area contributed by atoms with Gasteiger partial charge in [0.15, 0.2) is 16.6 Å². The molecule has 0 aliphatic carbocycles. The molecule has 9 aromatic rings. The Kier molecular flexibility index (Phi) is 5.97. The molecule has 50 heavy (non-hydrogen) atoms. The first-order chi connectivity index (χ1) is 26.5. The zero-order valence-corrected chi connectivity index (χ0v) is 28.5. The number of imidazole rings is 1. The second-order valence-corrected chi connectivity index (χ2v) is 13.7. The molecular formula is C47H39N2O+. The van der Waals surface area contributed by atoms with E-state index >= 15 is 0 Å². The molecule has 3 heteroatoms. The van der Waals surface area contributed by atoms with Gasteiger partial charge in [-0.15, -0.1) is 0 Å². The molecule has 0 amide bonds. The number of hydrogen-bond acceptors (Lipinski definition) is 1. The molecular weight excluding hydrogens is 609 g/mol. The molecule has 0 bridgehead atoms. The van der Waals surface area contributed by atoms with E-state index in [2.05, 4.69) is 128 Å². The summed E-state index contributed by atoms with van der Waals surface area (Å²) in [5.41, 5.74) is 11.3. The zero-order chi connectivity index (χ0) is 38.3. The fourth-order valence-corrected chi connectivity index (χ4v) is 7.39. The lowest BCUT2D eigenvalue weighted by Crippen LogP contribution is -2.35. The quantitative estimate of drug-likeness (QED) is 0.178. The van der Waals surface area contributed by atoms with Crippen LogP contribution in [0.3, 0.4) is 0 Å². The highest BCUT2D eigenvalue weighted by Gasteiger charge is 2.31. The van der Waals surface area contributed by atoms with Gasteiger partial charge in [0.05, 0.1) is 6.85 Å². The molecule has 1 N–H and O–H groups in total. The van der Waals surface area contributed by atoms with E-state index < -0.39 is 6.04 Å². The van der Waals surface area contributed by atoms with Crippen LogP contribution in [0.5, 0.6) is 0 Å². The highest BCUT2D eigenvalue weighted by molar-refractivity contribution is 6.13. The maximum absolute atomic E-state index is 8.54. The fourth-order valence-electron chi connectivity index (χ4n) is 7.39. The van der Waals surface area contributed by atoms with Crippen LogP contribution in [0, 0.1) is 0 Å². The number of H-pyrrole nitrogens is 1. The number of fused-ring (bicyclic) bond motifs is 5. The van der Waals surface area contributed by atoms with E-state index in [1.165, 1.54) is 27.9 Å². The van der Waals surface area contributed by atoms with Gasteiger partial charge in [0.25, 0.3) is 5.82 Å². The average Bonchev–Trinajstić information content (AvgIpc) is 3.76. The average molecular weight is 653 g/mol. The molecule has 9 rings (SSSR count). The highest BCUT2D eigenvalue weighted by Crippen LogP contribution is 2.40. The molecule has 242 valence electrons. The van der Waals surface area contributed by atoms with Crippen molar-refractivity contribution in [3.05, 3.63) is 157 Å². The highest BCUT2D eigenvalue weighted by atomic mass is 16.3. The summed E-state index contributed by atoms with van der Waals surface area (Å²) in [4.78, 5) is 3.80. The number of para-hydroxylation sites is 3. The molecule has 0 saturated carbocycles. The normalized spacial score (nSPS) is 13.4. The van der Waals surface area contributed by atoms with Crippen LogP contribution >= 0.6 is 0 Å². The van der Waals surface area contributed by atoms with E-state index in [4.69, 9.17) is 11.3 Å². The van der Waals surface area contributed by atoms with Gasteiger partial charge in [-0.2, -0.15) is 4.57 Å². The minimum atomic E-state index is -0.402. The first kappa shape index (κ1) is 25.1. The third kappa shape index (κ3) is 4.92. The molecule has 2 heterocycles. The monoisotopic (exact) mass is 652 g/mol. The lowest BCUT2D eigenvalue weighted by Gasteiger charge is -2.20. The molecule has 0 saturated heterocycles. The second kappa shape index (κ2) is 11.9. The van der Waals surface area contributed by atoms with Crippen molar-refractivity contribution in [1.82, 2.24) is 4.98 Å². The molecule has 0 aliphatic heterocycles. The zero-order valence-electron chi connectivity index (χ0n) is 33.5. The third-order valence-electron chi connectivity index (χ3n) is 9.86. The Labute approximate surface area is 299 Å². The lowest BCUT2D eigenvalue weighted by atomic mass is 9.88. The number of nitrogens with one attached hydrogen (secondary N) is 1. The van der Waals surface area contributed by atoms with Crippen LogP contribution in [0.25, 0.3) is 83.1 Å². The first-order valence-corrected chi connectivity index (χ1v) is 17.2. The van der Waals surface area contributed by atoms with E-state index in [9.17, 15) is 0 Å². The molecule has 3 nitrogen and oxygen atoms in total. The van der Waals surface area contributed by atoms with Crippen LogP contribution in [-0.2, 0) is 0 Å². The van der Waals surface area contributed by atoms with Crippen molar-refractivity contribution in [3.63, 3.8) is 0 Å². The summed E-state index contributed by atoms with van der Waals surface area (Å²) in [5.74, 6) is 1.41. The lowest BCUT2D eigenvalue weighted by molar-refractivity contribution is -0.556. The van der Waals surface area contributed by atoms with Crippen molar-refractivity contribution < 1.29 is 15.8 Å². The van der Waals surface area contributed by atoms with E-state index in [0.717, 1.165) is 49.5 Å². The van der Waals surface area contributed by atoms with Crippen LogP contribution in [0.2, 0.25) is 0 Å². The van der Waals surface area contributed by atoms with E-state index in [1.54, 1.807) is 0 Å². The molecule has 0 spiro atoms. The number of rotatable bonds is 6. The summed E-state index contributed by atoms with van der Waals surface area (Å²) >= 11 is 0. The van der Waals surface area contributed by atoms with E-state index in [1.807, 2.05) is 24.3 Å². The largest absolute Gasteiger partial charge is 0.455 e. The van der Waals surface area contributed by atoms with Gasteiger partial charge in [0.1, 0.15) is 16.8 Å². The van der Waals surface area contributed by atoms with Crippen molar-refractivity contribution in [1.29, 1.82) is 0 Å². The van der Waals surface area contributed by atoms with Crippen LogP contribution in [0.1, 0.15) is 57.5 Å². The van der Waals surface area contributed by atoms with Crippen molar-refractivity contribution in [2.75, 3.05) is 0 Å². The van der Waals surface area contributed by atoms with Gasteiger partial charge in [-0.05, 0) is 93.4 Å². The smallest absolute Gasteiger partial charge is 0.296 e. The Morgan fingerprint density at radius 3 is 2.10 bits per heavy atom. The summed E-state index contributed by atoms with van der Waals surface area (Å²) in [6, 6.07) is 38.2. The Hall–Kier alpha value is -5.93. The second-order valence-electron chi connectivity index (χ2n) is 13.7. The van der Waals surface area contributed by atoms with Crippen LogP contribution in [0.4, 0.5) is 0 Å². The molecule has 7 aromatic carbocycles. The predicted octanol–water partition coefficient (Wildman–Crippen LogP) is 12.7. The summed E-state index contributed by atoms with van der Waals surface area (Å²) < 4.78 is 50.7. The Morgan fingerprint density at radius 1 is 0.600 bits per heavy atom. The number of nitrogens with zero attached hydrogens (tertiary/aromatic N) is 1. The Bertz CT molecular complexity index is 2940. The van der Waals surface area contributed by atoms with E-state index in [-0.39, 0.29) is 41.6 Å². The summed E-state index contributed by atoms with van der Waals surface area (Å²) in [5, 5.41) is 3.77. The maximum Gasteiger partial charge on any atom is 0.296 e. The van der Waals surface area contributed by atoms with Crippen LogP contribution in [0.15, 0.2) is 150 Å². The van der Waals surface area contributed by atoms with Crippen molar-refractivity contribution in [2.24, 2.45) is 0 Å².